The minimum atomic E-state index is -2.14. The predicted molar refractivity (Wildman–Crippen MR) is 245 cm³/mol. The third-order valence-corrected chi connectivity index (χ3v) is 14.7. The molecule has 9 aromatic rings. The Kier molecular flexibility index (Phi) is 10.5. The Bertz CT molecular complexity index is 3050. The molecule has 0 bridgehead atoms. The number of furan rings is 1. The van der Waals surface area contributed by atoms with Gasteiger partial charge in [0.2, 0.25) is 0 Å². The Balaban J connectivity index is 0.000000207. The fourth-order valence-electron chi connectivity index (χ4n) is 7.51. The maximum Gasteiger partial charge on any atom is 0 e. The molecule has 7 heteroatoms. The molecule has 299 valence electrons. The number of nitrogens with zero attached hydrogens (tertiary/aromatic N) is 4. The molecular weight excluding hydrogens is 961 g/mol. The number of rotatable bonds is 6. The van der Waals surface area contributed by atoms with Crippen LogP contribution in [0.3, 0.4) is 0 Å². The van der Waals surface area contributed by atoms with Crippen LogP contribution in [0.4, 0.5) is 0 Å². The van der Waals surface area contributed by atoms with Crippen molar-refractivity contribution in [2.45, 2.75) is 70.0 Å². The molecule has 4 aromatic heterocycles. The Morgan fingerprint density at radius 2 is 1.54 bits per heavy atom. The van der Waals surface area contributed by atoms with Crippen molar-refractivity contribution in [3.8, 4) is 39.5 Å². The summed E-state index contributed by atoms with van der Waals surface area (Å²) in [4.78, 5) is 14.4. The largest absolute Gasteiger partial charge is 0 e. The number of fused-ring (bicyclic) bond motifs is 4. The van der Waals surface area contributed by atoms with Crippen molar-refractivity contribution in [2.24, 2.45) is 0 Å². The molecule has 0 spiro atoms. The van der Waals surface area contributed by atoms with Crippen LogP contribution in [0.15, 0.2) is 138 Å². The molecule has 0 aliphatic heterocycles. The summed E-state index contributed by atoms with van der Waals surface area (Å²) in [5.74, 6) is 6.95. The predicted octanol–water partition coefficient (Wildman–Crippen LogP) is 13.3. The molecule has 1 radical (unpaired) electrons. The number of benzene rings is 5. The number of imidazole rings is 1. The van der Waals surface area contributed by atoms with Crippen LogP contribution in [0, 0.1) is 19.0 Å². The Hall–Kier alpha value is -5.14. The van der Waals surface area contributed by atoms with E-state index < -0.39 is 26.0 Å². The quantitative estimate of drug-likeness (QED) is 0.123. The van der Waals surface area contributed by atoms with Crippen LogP contribution in [0.5, 0.6) is 0 Å². The van der Waals surface area contributed by atoms with Crippen LogP contribution in [0.2, 0.25) is 17.3 Å². The summed E-state index contributed by atoms with van der Waals surface area (Å²) in [5, 5.41) is 2.14. The van der Waals surface area contributed by atoms with E-state index in [1.807, 2.05) is 62.6 Å². The summed E-state index contributed by atoms with van der Waals surface area (Å²) in [6, 6.07) is 46.6. The first kappa shape index (κ1) is 36.9. The molecule has 0 saturated heterocycles. The molecule has 0 unspecified atom stereocenters. The number of aromatic nitrogens is 4. The van der Waals surface area contributed by atoms with Gasteiger partial charge < -0.3 is 8.98 Å². The average Bonchev–Trinajstić information content (AvgIpc) is 3.82. The van der Waals surface area contributed by atoms with E-state index in [0.717, 1.165) is 61.4 Å². The summed E-state index contributed by atoms with van der Waals surface area (Å²) in [5.41, 5.74) is 11.4. The molecule has 0 N–H and O–H groups in total. The van der Waals surface area contributed by atoms with Crippen LogP contribution in [0.25, 0.3) is 72.6 Å². The first-order valence-electron chi connectivity index (χ1n) is 21.7. The van der Waals surface area contributed by atoms with E-state index in [9.17, 15) is 0 Å². The van der Waals surface area contributed by atoms with Gasteiger partial charge in [0, 0.05) is 37.4 Å². The van der Waals surface area contributed by atoms with Crippen LogP contribution >= 0.6 is 0 Å². The summed E-state index contributed by atoms with van der Waals surface area (Å²) < 4.78 is 40.7. The molecule has 5 aromatic carbocycles. The van der Waals surface area contributed by atoms with Crippen LogP contribution in [0.1, 0.15) is 62.7 Å². The average molecular weight is 1020 g/mol. The SMILES string of the molecule is CC(C)(C)c1ccnc2nc(-c3[c-]ccc4c3oc3ccccc34)n(-c3ccc(-c4ccccc4)cc3)c12.[2H]C([2H])([2H])c1c[c-]c(-c2cc(C([2H])(C)C)[c]([Ge]([CH3])([CH3])[CH3])cn2)cc1.[Ir]. The molecule has 0 aliphatic rings. The van der Waals surface area contributed by atoms with Gasteiger partial charge in [-0.15, -0.1) is 18.2 Å². The molecule has 0 fully saturated rings. The van der Waals surface area contributed by atoms with Crippen LogP contribution < -0.4 is 4.40 Å². The third-order valence-electron chi connectivity index (χ3n) is 10.5. The van der Waals surface area contributed by atoms with Gasteiger partial charge in [-0.05, 0) is 46.4 Å². The van der Waals surface area contributed by atoms with Gasteiger partial charge in [0.05, 0.1) is 16.9 Å². The molecule has 5 nitrogen and oxygen atoms in total. The van der Waals surface area contributed by atoms with Crippen molar-refractivity contribution in [3.63, 3.8) is 0 Å². The van der Waals surface area contributed by atoms with Gasteiger partial charge >= 0.3 is 131 Å². The van der Waals surface area contributed by atoms with E-state index >= 15 is 0 Å². The minimum absolute atomic E-state index is 0. The molecule has 4 heterocycles. The molecule has 0 saturated carbocycles. The van der Waals surface area contributed by atoms with Crippen molar-refractivity contribution in [1.29, 1.82) is 0 Å². The second-order valence-corrected chi connectivity index (χ2v) is 27.6. The zero-order valence-corrected chi connectivity index (χ0v) is 39.2. The third kappa shape index (κ3) is 8.50. The first-order chi connectivity index (χ1) is 29.3. The van der Waals surface area contributed by atoms with Gasteiger partial charge in [0.25, 0.3) is 0 Å². The van der Waals surface area contributed by atoms with Crippen LogP contribution in [-0.2, 0) is 25.5 Å². The van der Waals surface area contributed by atoms with Gasteiger partial charge in [-0.25, -0.2) is 4.98 Å². The van der Waals surface area contributed by atoms with E-state index in [0.29, 0.717) is 5.65 Å². The molecule has 0 atom stereocenters. The van der Waals surface area contributed by atoms with E-state index in [-0.39, 0.29) is 31.1 Å². The number of aryl methyl sites for hydroxylation is 1. The van der Waals surface area contributed by atoms with Crippen LogP contribution in [-0.4, -0.2) is 32.8 Å². The van der Waals surface area contributed by atoms with E-state index in [4.69, 9.17) is 19.9 Å². The Morgan fingerprint density at radius 3 is 2.22 bits per heavy atom. The molecule has 59 heavy (non-hydrogen) atoms. The molecule has 9 rings (SSSR count). The summed E-state index contributed by atoms with van der Waals surface area (Å²) in [6.45, 7) is 8.34. The zero-order chi connectivity index (χ0) is 44.2. The van der Waals surface area contributed by atoms with Crippen molar-refractivity contribution >= 4 is 50.8 Å². The fraction of sp³-hybridized carbons (Fsp3) is 0.212. The van der Waals surface area contributed by atoms with Crippen molar-refractivity contribution < 1.29 is 30.0 Å². The van der Waals surface area contributed by atoms with Gasteiger partial charge in [-0.2, -0.15) is 0 Å². The van der Waals surface area contributed by atoms with Gasteiger partial charge in [0.1, 0.15) is 5.58 Å². The van der Waals surface area contributed by atoms with Crippen molar-refractivity contribution in [2.75, 3.05) is 0 Å². The van der Waals surface area contributed by atoms with Gasteiger partial charge in [-0.1, -0.05) is 92.4 Å². The standard InChI is InChI=1S/C34H26N3O.C18H24GeN.Ir/c1-34(2,3)28-20-21-35-32-30(28)37(24-18-16-23(17-19-24)22-10-5-4-6-11-22)33(36-32)27-14-9-13-26-25-12-7-8-15-29(25)38-31(26)27;1-13(2)16-11-18(15-9-7-14(3)8-10-15)20-12-17(16)19(4,5)6;/h4-13,15-21H,1-3H3;7-9,11-13H,1-6H3;/q2*-1;/i;3D3,13D;. The Labute approximate surface area is 370 Å². The fourth-order valence-corrected chi connectivity index (χ4v) is 10.8. The number of pyridine rings is 2. The number of hydrogen-bond donors (Lipinski definition) is 0. The molecule has 0 amide bonds. The van der Waals surface area contributed by atoms with E-state index in [1.165, 1.54) is 27.2 Å². The van der Waals surface area contributed by atoms with Gasteiger partial charge in [-0.3, -0.25) is 4.98 Å². The maximum absolute atomic E-state index is 8.49. The number of hydrogen-bond acceptors (Lipinski definition) is 4. The van der Waals surface area contributed by atoms with Crippen molar-refractivity contribution in [3.05, 3.63) is 163 Å². The zero-order valence-electron chi connectivity index (χ0n) is 38.7. The second kappa shape index (κ2) is 16.8. The summed E-state index contributed by atoms with van der Waals surface area (Å²) in [6.07, 6.45) is 3.76. The minimum Gasteiger partial charge on any atom is 0 e. The van der Waals surface area contributed by atoms with E-state index in [2.05, 4.69) is 126 Å². The summed E-state index contributed by atoms with van der Waals surface area (Å²) >= 11 is -2.14. The monoisotopic (exact) mass is 1020 g/mol. The smallest absolute Gasteiger partial charge is 0 e. The normalized spacial score (nSPS) is 13.2. The molecule has 0 aliphatic carbocycles. The first-order valence-corrected chi connectivity index (χ1v) is 27.0. The van der Waals surface area contributed by atoms with Gasteiger partial charge in [0.15, 0.2) is 5.65 Å². The maximum atomic E-state index is 8.49. The van der Waals surface area contributed by atoms with Crippen molar-refractivity contribution in [1.82, 2.24) is 19.5 Å². The summed E-state index contributed by atoms with van der Waals surface area (Å²) in [7, 11) is 0. The van der Waals surface area contributed by atoms with E-state index in [1.54, 1.807) is 12.1 Å². The second-order valence-electron chi connectivity index (χ2n) is 17.0. The topological polar surface area (TPSA) is 56.7 Å². The molecular formula is C52H50GeIrN4O-2. The Morgan fingerprint density at radius 1 is 0.814 bits per heavy atom. The number of para-hydroxylation sites is 1.